The minimum Gasteiger partial charge on any atom is -0.252 e. The van der Waals surface area contributed by atoms with Crippen molar-refractivity contribution in [3.8, 4) is 5.69 Å². The second kappa shape index (κ2) is 1.76. The average Bonchev–Trinajstić information content (AvgIpc) is 2.71. The fourth-order valence-corrected chi connectivity index (χ4v) is 0.702. The van der Waals surface area contributed by atoms with E-state index in [9.17, 15) is 4.39 Å². The smallest absolute Gasteiger partial charge is 0.123 e. The zero-order valence-corrected chi connectivity index (χ0v) is 5.04. The predicted octanol–water partition coefficient (Wildman–Crippen LogP) is 1.54. The lowest BCUT2D eigenvalue weighted by molar-refractivity contribution is 0.501. The van der Waals surface area contributed by atoms with Crippen LogP contribution >= 0.6 is 0 Å². The van der Waals surface area contributed by atoms with Gasteiger partial charge in [0.1, 0.15) is 11.5 Å². The molecule has 1 heterocycles. The molecule has 1 aromatic carbocycles. The van der Waals surface area contributed by atoms with Crippen LogP contribution in [0.25, 0.3) is 5.69 Å². The van der Waals surface area contributed by atoms with E-state index < -0.39 is 0 Å². The van der Waals surface area contributed by atoms with Gasteiger partial charge in [-0.15, -0.1) is 0 Å². The molecular weight excluding hydrogens is 135 g/mol. The van der Waals surface area contributed by atoms with E-state index in [1.165, 1.54) is 17.0 Å². The van der Waals surface area contributed by atoms with Crippen molar-refractivity contribution in [2.24, 2.45) is 0 Å². The topological polar surface area (TPSA) is 33.9 Å². The second-order valence-corrected chi connectivity index (χ2v) is 1.95. The number of H-pyrrole nitrogens is 1. The Balaban J connectivity index is 2.40. The summed E-state index contributed by atoms with van der Waals surface area (Å²) in [7, 11) is 0. The highest BCUT2D eigenvalue weighted by molar-refractivity contribution is 5.28. The summed E-state index contributed by atoms with van der Waals surface area (Å²) in [4.78, 5) is 1.43. The number of aromatic amines is 1. The summed E-state index contributed by atoms with van der Waals surface area (Å²) < 4.78 is 16.9. The van der Waals surface area contributed by atoms with E-state index in [1.54, 1.807) is 12.1 Å². The van der Waals surface area contributed by atoms with Crippen molar-refractivity contribution in [1.82, 2.24) is 10.1 Å². The molecule has 0 saturated carbocycles. The number of hydrogen-bond acceptors (Lipinski definition) is 1. The van der Waals surface area contributed by atoms with Gasteiger partial charge in [0, 0.05) is 0 Å². The van der Waals surface area contributed by atoms with Crippen molar-refractivity contribution in [2.75, 3.05) is 0 Å². The highest BCUT2D eigenvalue weighted by atomic mass is 19.1. The van der Waals surface area contributed by atoms with Crippen LogP contribution in [0, 0.1) is 5.82 Å². The molecule has 10 heavy (non-hydrogen) atoms. The Kier molecular flexibility index (Phi) is 0.943. The van der Waals surface area contributed by atoms with Crippen molar-refractivity contribution in [1.29, 1.82) is 0 Å². The molecule has 4 heteroatoms. The lowest BCUT2D eigenvalue weighted by Gasteiger charge is -1.88. The van der Waals surface area contributed by atoms with E-state index >= 15 is 0 Å². The average molecular weight is 140 g/mol. The van der Waals surface area contributed by atoms with Gasteiger partial charge in [-0.1, -0.05) is 10.1 Å². The van der Waals surface area contributed by atoms with E-state index in [0.29, 0.717) is 0 Å². The summed E-state index contributed by atoms with van der Waals surface area (Å²) in [6, 6.07) is 5.99. The zero-order chi connectivity index (χ0) is 6.97. The summed E-state index contributed by atoms with van der Waals surface area (Å²) in [6.07, 6.45) is 0. The monoisotopic (exact) mass is 140 g/mol. The Morgan fingerprint density at radius 3 is 2.40 bits per heavy atom. The molecule has 0 atom stereocenters. The van der Waals surface area contributed by atoms with Gasteiger partial charge in [0.25, 0.3) is 0 Å². The molecular formula is C6H5FN2O. The third-order valence-electron chi connectivity index (χ3n) is 1.24. The fraction of sp³-hybridized carbons (Fsp3) is 0. The molecule has 52 valence electrons. The summed E-state index contributed by atoms with van der Waals surface area (Å²) in [5, 5.41) is 2.48. The van der Waals surface area contributed by atoms with Crippen LogP contribution in [0.2, 0.25) is 0 Å². The van der Waals surface area contributed by atoms with Gasteiger partial charge in [0.2, 0.25) is 0 Å². The minimum atomic E-state index is -0.245. The molecule has 0 aliphatic heterocycles. The summed E-state index contributed by atoms with van der Waals surface area (Å²) in [5.41, 5.74) is 0.793. The first kappa shape index (κ1) is 5.34. The first-order valence-corrected chi connectivity index (χ1v) is 2.84. The number of nitrogens with zero attached hydrogens (tertiary/aromatic N) is 1. The first-order valence-electron chi connectivity index (χ1n) is 2.84. The highest BCUT2D eigenvalue weighted by Gasteiger charge is 2.00. The van der Waals surface area contributed by atoms with Gasteiger partial charge in [-0.05, 0) is 24.3 Å². The van der Waals surface area contributed by atoms with Crippen LogP contribution in [0.4, 0.5) is 4.39 Å². The first-order chi connectivity index (χ1) is 4.86. The fourth-order valence-electron chi connectivity index (χ4n) is 0.702. The molecule has 0 aliphatic carbocycles. The van der Waals surface area contributed by atoms with Crippen molar-refractivity contribution in [3.63, 3.8) is 0 Å². The SMILES string of the molecule is Fc1ccc(-n2[nH]o2)cc1. The molecule has 0 fully saturated rings. The molecule has 1 aromatic heterocycles. The van der Waals surface area contributed by atoms with Gasteiger partial charge < -0.3 is 0 Å². The van der Waals surface area contributed by atoms with Crippen molar-refractivity contribution in [3.05, 3.63) is 30.1 Å². The molecule has 0 aliphatic rings. The van der Waals surface area contributed by atoms with E-state index in [2.05, 4.69) is 9.90 Å². The summed E-state index contributed by atoms with van der Waals surface area (Å²) in [5.74, 6) is -0.245. The predicted molar refractivity (Wildman–Crippen MR) is 32.3 cm³/mol. The zero-order valence-electron chi connectivity index (χ0n) is 5.04. The lowest BCUT2D eigenvalue weighted by Crippen LogP contribution is -1.81. The Morgan fingerprint density at radius 2 is 1.90 bits per heavy atom. The van der Waals surface area contributed by atoms with Crippen molar-refractivity contribution >= 4 is 0 Å². The van der Waals surface area contributed by atoms with Crippen LogP contribution in [0.5, 0.6) is 0 Å². The van der Waals surface area contributed by atoms with Crippen LogP contribution in [0.15, 0.2) is 28.9 Å². The molecule has 0 saturated heterocycles. The molecule has 3 nitrogen and oxygen atoms in total. The molecule has 2 rings (SSSR count). The summed E-state index contributed by atoms with van der Waals surface area (Å²) >= 11 is 0. The number of hydrogen-bond donors (Lipinski definition) is 1. The maximum absolute atomic E-state index is 12.3. The summed E-state index contributed by atoms with van der Waals surface area (Å²) in [6.45, 7) is 0. The van der Waals surface area contributed by atoms with Crippen LogP contribution in [0.1, 0.15) is 0 Å². The largest absolute Gasteiger partial charge is 0.252 e. The molecule has 0 radical (unpaired) electrons. The third-order valence-corrected chi connectivity index (χ3v) is 1.24. The van der Waals surface area contributed by atoms with E-state index in [4.69, 9.17) is 0 Å². The molecule has 0 amide bonds. The molecule has 1 N–H and O–H groups in total. The van der Waals surface area contributed by atoms with Gasteiger partial charge >= 0.3 is 0 Å². The number of aromatic nitrogens is 2. The lowest BCUT2D eigenvalue weighted by atomic mass is 10.3. The van der Waals surface area contributed by atoms with Gasteiger partial charge in [-0.2, -0.15) is 0 Å². The van der Waals surface area contributed by atoms with Crippen LogP contribution < -0.4 is 0 Å². The Hall–Kier alpha value is -1.45. The van der Waals surface area contributed by atoms with Gasteiger partial charge in [0.05, 0.1) is 0 Å². The second-order valence-electron chi connectivity index (χ2n) is 1.95. The maximum Gasteiger partial charge on any atom is 0.123 e. The van der Waals surface area contributed by atoms with Crippen molar-refractivity contribution in [2.45, 2.75) is 0 Å². The standard InChI is InChI=1S/C6H5FN2O/c7-5-1-3-6(4-2-5)9-8-10-9/h1-4,8H. The third kappa shape index (κ3) is 0.834. The normalized spacial score (nSPS) is 10.5. The van der Waals surface area contributed by atoms with Gasteiger partial charge in [0.15, 0.2) is 0 Å². The maximum atomic E-state index is 12.3. The van der Waals surface area contributed by atoms with Crippen LogP contribution in [-0.4, -0.2) is 10.1 Å². The number of benzene rings is 1. The van der Waals surface area contributed by atoms with E-state index in [-0.39, 0.29) is 5.82 Å². The minimum absolute atomic E-state index is 0.245. The number of halogens is 1. The Bertz CT molecular complexity index is 294. The molecule has 0 bridgehead atoms. The van der Waals surface area contributed by atoms with Gasteiger partial charge in [-0.25, -0.2) is 4.39 Å². The quantitative estimate of drug-likeness (QED) is 0.640. The van der Waals surface area contributed by atoms with Crippen LogP contribution in [-0.2, 0) is 0 Å². The van der Waals surface area contributed by atoms with Crippen molar-refractivity contribution < 1.29 is 9.02 Å². The molecule has 0 unspecified atom stereocenters. The highest BCUT2D eigenvalue weighted by Crippen LogP contribution is 2.07. The molecule has 0 spiro atoms. The number of nitrogens with one attached hydrogen (secondary N) is 1. The Labute approximate surface area is 55.9 Å². The number of rotatable bonds is 1. The van der Waals surface area contributed by atoms with E-state index in [0.717, 1.165) is 5.69 Å². The molecule has 2 aromatic rings. The Morgan fingerprint density at radius 1 is 1.30 bits per heavy atom. The van der Waals surface area contributed by atoms with Crippen LogP contribution in [0.3, 0.4) is 0 Å². The van der Waals surface area contributed by atoms with E-state index in [1.807, 2.05) is 0 Å². The van der Waals surface area contributed by atoms with Gasteiger partial charge in [-0.3, -0.25) is 4.63 Å².